The minimum Gasteiger partial charge on any atom is -0.507 e. The smallest absolute Gasteiger partial charge is 0.236 e. The summed E-state index contributed by atoms with van der Waals surface area (Å²) in [6.07, 6.45) is 3.41. The Hall–Kier alpha value is -1.75. The van der Waals surface area contributed by atoms with Crippen LogP contribution in [0.1, 0.15) is 37.8 Å². The zero-order valence-corrected chi connectivity index (χ0v) is 12.8. The van der Waals surface area contributed by atoms with Gasteiger partial charge < -0.3 is 20.1 Å². The topological polar surface area (TPSA) is 61.8 Å². The van der Waals surface area contributed by atoms with Crippen LogP contribution in [0.3, 0.4) is 0 Å². The molecule has 0 bridgehead atoms. The minimum absolute atomic E-state index is 0.0929. The summed E-state index contributed by atoms with van der Waals surface area (Å²) in [5.41, 5.74) is 0.766. The van der Waals surface area contributed by atoms with Gasteiger partial charge in [0.25, 0.3) is 0 Å². The number of rotatable bonds is 5. The highest BCUT2D eigenvalue weighted by molar-refractivity contribution is 5.78. The molecule has 21 heavy (non-hydrogen) atoms. The van der Waals surface area contributed by atoms with Crippen LogP contribution >= 0.6 is 0 Å². The molecule has 5 nitrogen and oxygen atoms in total. The fourth-order valence-corrected chi connectivity index (χ4v) is 2.62. The van der Waals surface area contributed by atoms with Crippen molar-refractivity contribution < 1.29 is 14.6 Å². The summed E-state index contributed by atoms with van der Waals surface area (Å²) < 4.78 is 5.07. The third kappa shape index (κ3) is 4.11. The normalized spacial score (nSPS) is 16.6. The van der Waals surface area contributed by atoms with Crippen molar-refractivity contribution in [2.45, 2.75) is 32.2 Å². The molecule has 0 radical (unpaired) electrons. The Balaban J connectivity index is 1.89. The van der Waals surface area contributed by atoms with E-state index in [-0.39, 0.29) is 17.7 Å². The van der Waals surface area contributed by atoms with Crippen LogP contribution in [-0.2, 0) is 4.79 Å². The highest BCUT2D eigenvalue weighted by Gasteiger charge is 2.18. The van der Waals surface area contributed by atoms with Gasteiger partial charge in [-0.1, -0.05) is 6.07 Å². The number of nitrogens with zero attached hydrogens (tertiary/aromatic N) is 1. The highest BCUT2D eigenvalue weighted by Crippen LogP contribution is 2.28. The molecule has 1 heterocycles. The molecule has 1 fully saturated rings. The predicted octanol–water partition coefficient (Wildman–Crippen LogP) is 2.06. The maximum Gasteiger partial charge on any atom is 0.236 e. The molecule has 1 amide bonds. The molecule has 1 saturated heterocycles. The van der Waals surface area contributed by atoms with E-state index in [0.29, 0.717) is 12.3 Å². The number of phenols is 1. The summed E-state index contributed by atoms with van der Waals surface area (Å²) in [4.78, 5) is 14.0. The monoisotopic (exact) mass is 292 g/mol. The third-order valence-electron chi connectivity index (χ3n) is 3.97. The second kappa shape index (κ2) is 7.31. The van der Waals surface area contributed by atoms with Gasteiger partial charge >= 0.3 is 0 Å². The molecule has 0 spiro atoms. The van der Waals surface area contributed by atoms with Gasteiger partial charge in [0.15, 0.2) is 0 Å². The molecule has 1 aliphatic heterocycles. The van der Waals surface area contributed by atoms with Crippen molar-refractivity contribution in [2.75, 3.05) is 26.7 Å². The second-order valence-electron chi connectivity index (χ2n) is 5.47. The number of piperidine rings is 1. The van der Waals surface area contributed by atoms with E-state index in [0.717, 1.165) is 31.5 Å². The Kier molecular flexibility index (Phi) is 5.44. The van der Waals surface area contributed by atoms with Crippen molar-refractivity contribution in [2.24, 2.45) is 0 Å². The molecular formula is C16H24N2O3. The standard InChI is InChI=1S/C16H24N2O3/c1-12(14-7-6-13(21-2)10-15(14)19)17-11-16(20)18-8-4-3-5-9-18/h6-7,10,12,17,19H,3-5,8-9,11H2,1-2H3. The molecule has 0 saturated carbocycles. The van der Waals surface area contributed by atoms with Crippen molar-refractivity contribution in [3.63, 3.8) is 0 Å². The van der Waals surface area contributed by atoms with E-state index in [1.54, 1.807) is 19.2 Å². The van der Waals surface area contributed by atoms with Crippen LogP contribution in [0.4, 0.5) is 0 Å². The number of hydrogen-bond donors (Lipinski definition) is 2. The maximum absolute atomic E-state index is 12.1. The van der Waals surface area contributed by atoms with E-state index in [4.69, 9.17) is 4.74 Å². The molecule has 1 unspecified atom stereocenters. The van der Waals surface area contributed by atoms with Crippen LogP contribution in [-0.4, -0.2) is 42.7 Å². The Labute approximate surface area is 125 Å². The minimum atomic E-state index is -0.0929. The van der Waals surface area contributed by atoms with E-state index in [1.165, 1.54) is 6.42 Å². The van der Waals surface area contributed by atoms with Crippen LogP contribution in [0.15, 0.2) is 18.2 Å². The number of nitrogens with one attached hydrogen (secondary N) is 1. The van der Waals surface area contributed by atoms with E-state index in [2.05, 4.69) is 5.32 Å². The number of methoxy groups -OCH3 is 1. The number of amides is 1. The molecule has 1 aliphatic rings. The first-order valence-electron chi connectivity index (χ1n) is 7.50. The van der Waals surface area contributed by atoms with Crippen LogP contribution in [0, 0.1) is 0 Å². The lowest BCUT2D eigenvalue weighted by Crippen LogP contribution is -2.41. The Morgan fingerprint density at radius 2 is 2.10 bits per heavy atom. The molecule has 0 aliphatic carbocycles. The van der Waals surface area contributed by atoms with E-state index in [9.17, 15) is 9.90 Å². The first-order valence-corrected chi connectivity index (χ1v) is 7.50. The van der Waals surface area contributed by atoms with E-state index >= 15 is 0 Å². The SMILES string of the molecule is COc1ccc(C(C)NCC(=O)N2CCCCC2)c(O)c1. The van der Waals surface area contributed by atoms with Crippen molar-refractivity contribution >= 4 is 5.91 Å². The maximum atomic E-state index is 12.1. The summed E-state index contributed by atoms with van der Waals surface area (Å²) in [6.45, 7) is 3.96. The summed E-state index contributed by atoms with van der Waals surface area (Å²) >= 11 is 0. The molecule has 1 aromatic carbocycles. The van der Waals surface area contributed by atoms with Gasteiger partial charge in [-0.15, -0.1) is 0 Å². The Bertz CT molecular complexity index is 484. The van der Waals surface area contributed by atoms with Gasteiger partial charge in [0, 0.05) is 30.8 Å². The quantitative estimate of drug-likeness (QED) is 0.872. The van der Waals surface area contributed by atoms with Crippen molar-refractivity contribution in [3.8, 4) is 11.5 Å². The molecular weight excluding hydrogens is 268 g/mol. The Morgan fingerprint density at radius 3 is 2.71 bits per heavy atom. The first kappa shape index (κ1) is 15.6. The predicted molar refractivity (Wildman–Crippen MR) is 81.5 cm³/mol. The number of likely N-dealkylation sites (tertiary alicyclic amines) is 1. The first-order chi connectivity index (χ1) is 10.1. The van der Waals surface area contributed by atoms with E-state index < -0.39 is 0 Å². The lowest BCUT2D eigenvalue weighted by Gasteiger charge is -2.27. The number of hydrogen-bond acceptors (Lipinski definition) is 4. The molecule has 1 atom stereocenters. The molecule has 2 N–H and O–H groups in total. The largest absolute Gasteiger partial charge is 0.507 e. The van der Waals surface area contributed by atoms with Gasteiger partial charge in [-0.3, -0.25) is 4.79 Å². The number of carbonyl (C=O) groups excluding carboxylic acids is 1. The van der Waals surface area contributed by atoms with Crippen LogP contribution < -0.4 is 10.1 Å². The number of carbonyl (C=O) groups is 1. The van der Waals surface area contributed by atoms with Crippen LogP contribution in [0.5, 0.6) is 11.5 Å². The fourth-order valence-electron chi connectivity index (χ4n) is 2.62. The summed E-state index contributed by atoms with van der Waals surface area (Å²) in [5, 5.41) is 13.2. The molecule has 0 aromatic heterocycles. The number of phenolic OH excluding ortho intramolecular Hbond substituents is 1. The lowest BCUT2D eigenvalue weighted by molar-refractivity contribution is -0.131. The summed E-state index contributed by atoms with van der Waals surface area (Å²) in [5.74, 6) is 0.933. The molecule has 5 heteroatoms. The van der Waals surface area contributed by atoms with Crippen molar-refractivity contribution in [1.29, 1.82) is 0 Å². The number of ether oxygens (including phenoxy) is 1. The van der Waals surface area contributed by atoms with E-state index in [1.807, 2.05) is 17.9 Å². The average Bonchev–Trinajstić information content (AvgIpc) is 2.52. The van der Waals surface area contributed by atoms with Gasteiger partial charge in [-0.25, -0.2) is 0 Å². The fraction of sp³-hybridized carbons (Fsp3) is 0.562. The third-order valence-corrected chi connectivity index (χ3v) is 3.97. The van der Waals surface area contributed by atoms with Crippen molar-refractivity contribution in [1.82, 2.24) is 10.2 Å². The zero-order valence-electron chi connectivity index (χ0n) is 12.8. The number of benzene rings is 1. The van der Waals surface area contributed by atoms with Gasteiger partial charge in [-0.2, -0.15) is 0 Å². The molecule has 1 aromatic rings. The van der Waals surface area contributed by atoms with Gasteiger partial charge in [0.05, 0.1) is 13.7 Å². The van der Waals surface area contributed by atoms with Crippen LogP contribution in [0.25, 0.3) is 0 Å². The molecule has 116 valence electrons. The van der Waals surface area contributed by atoms with Gasteiger partial charge in [0.2, 0.25) is 5.91 Å². The highest BCUT2D eigenvalue weighted by atomic mass is 16.5. The average molecular weight is 292 g/mol. The number of aromatic hydroxyl groups is 1. The summed E-state index contributed by atoms with van der Waals surface area (Å²) in [7, 11) is 1.56. The van der Waals surface area contributed by atoms with Gasteiger partial charge in [0.1, 0.15) is 11.5 Å². The lowest BCUT2D eigenvalue weighted by atomic mass is 10.1. The van der Waals surface area contributed by atoms with Gasteiger partial charge in [-0.05, 0) is 32.3 Å². The Morgan fingerprint density at radius 1 is 1.38 bits per heavy atom. The second-order valence-corrected chi connectivity index (χ2v) is 5.47. The summed E-state index contributed by atoms with van der Waals surface area (Å²) in [6, 6.07) is 5.11. The zero-order chi connectivity index (χ0) is 15.2. The van der Waals surface area contributed by atoms with Crippen molar-refractivity contribution in [3.05, 3.63) is 23.8 Å². The van der Waals surface area contributed by atoms with Crippen LogP contribution in [0.2, 0.25) is 0 Å². The molecule has 2 rings (SSSR count).